The molecule has 1 fully saturated rings. The number of aromatic nitrogens is 2. The number of halogens is 1. The molecule has 0 saturated heterocycles. The van der Waals surface area contributed by atoms with Gasteiger partial charge in [-0.05, 0) is 33.6 Å². The van der Waals surface area contributed by atoms with Crippen LogP contribution >= 0.6 is 24.0 Å². The highest BCUT2D eigenvalue weighted by atomic mass is 127. The highest BCUT2D eigenvalue weighted by Gasteiger charge is 2.42. The number of hydrogen-bond acceptors (Lipinski definition) is 4. The maximum Gasteiger partial charge on any atom is 0.230 e. The molecular formula is C21H39IN6O2. The molecule has 1 heterocycles. The van der Waals surface area contributed by atoms with E-state index in [9.17, 15) is 4.79 Å². The number of guanidine groups is 1. The van der Waals surface area contributed by atoms with Crippen molar-refractivity contribution in [3.8, 4) is 0 Å². The van der Waals surface area contributed by atoms with Gasteiger partial charge in [0.1, 0.15) is 0 Å². The Morgan fingerprint density at radius 1 is 1.27 bits per heavy atom. The van der Waals surface area contributed by atoms with E-state index in [4.69, 9.17) is 9.73 Å². The summed E-state index contributed by atoms with van der Waals surface area (Å²) in [7, 11) is 5.38. The SMILES string of the molecule is CCNC(=NCc1c(C)nn(CCOC)c1C)NCC1(C(=O)N(C)C)CCCC1.I. The van der Waals surface area contributed by atoms with Gasteiger partial charge in [0.2, 0.25) is 5.91 Å². The quantitative estimate of drug-likeness (QED) is 0.289. The first-order chi connectivity index (χ1) is 13.8. The molecular weight excluding hydrogens is 495 g/mol. The monoisotopic (exact) mass is 534 g/mol. The van der Waals surface area contributed by atoms with Gasteiger partial charge in [0.05, 0.1) is 30.8 Å². The molecule has 0 radical (unpaired) electrons. The molecule has 0 unspecified atom stereocenters. The number of amides is 1. The lowest BCUT2D eigenvalue weighted by Gasteiger charge is -2.31. The summed E-state index contributed by atoms with van der Waals surface area (Å²) in [6, 6.07) is 0. The minimum absolute atomic E-state index is 0. The van der Waals surface area contributed by atoms with E-state index < -0.39 is 0 Å². The second-order valence-corrected chi connectivity index (χ2v) is 8.10. The zero-order valence-corrected chi connectivity index (χ0v) is 21.7. The molecule has 0 aliphatic heterocycles. The van der Waals surface area contributed by atoms with E-state index in [2.05, 4.69) is 22.7 Å². The van der Waals surface area contributed by atoms with Crippen molar-refractivity contribution in [1.29, 1.82) is 0 Å². The van der Waals surface area contributed by atoms with Gasteiger partial charge in [0, 0.05) is 45.6 Å². The molecule has 8 nitrogen and oxygen atoms in total. The van der Waals surface area contributed by atoms with Crippen LogP contribution in [0.15, 0.2) is 4.99 Å². The van der Waals surface area contributed by atoms with E-state index in [-0.39, 0.29) is 35.3 Å². The lowest BCUT2D eigenvalue weighted by molar-refractivity contribution is -0.138. The Kier molecular flexibility index (Phi) is 11.1. The Hall–Kier alpha value is -1.36. The summed E-state index contributed by atoms with van der Waals surface area (Å²) in [6.45, 7) is 9.44. The lowest BCUT2D eigenvalue weighted by atomic mass is 9.84. The normalized spacial score (nSPS) is 15.6. The molecule has 1 saturated carbocycles. The Bertz CT molecular complexity index is 711. The summed E-state index contributed by atoms with van der Waals surface area (Å²) < 4.78 is 7.15. The van der Waals surface area contributed by atoms with Crippen molar-refractivity contribution < 1.29 is 9.53 Å². The van der Waals surface area contributed by atoms with Gasteiger partial charge in [-0.25, -0.2) is 4.99 Å². The van der Waals surface area contributed by atoms with Crippen molar-refractivity contribution in [3.05, 3.63) is 17.0 Å². The highest BCUT2D eigenvalue weighted by molar-refractivity contribution is 14.0. The van der Waals surface area contributed by atoms with Gasteiger partial charge >= 0.3 is 0 Å². The average molecular weight is 534 g/mol. The van der Waals surface area contributed by atoms with Crippen molar-refractivity contribution in [2.45, 2.75) is 59.5 Å². The van der Waals surface area contributed by atoms with Crippen LogP contribution in [-0.2, 0) is 22.6 Å². The number of aryl methyl sites for hydroxylation is 1. The summed E-state index contributed by atoms with van der Waals surface area (Å²) in [4.78, 5) is 19.3. The molecule has 1 aromatic heterocycles. The molecule has 0 atom stereocenters. The summed E-state index contributed by atoms with van der Waals surface area (Å²) in [5, 5.41) is 11.4. The molecule has 0 aromatic carbocycles. The molecule has 1 amide bonds. The number of nitrogens with zero attached hydrogens (tertiary/aromatic N) is 4. The number of hydrogen-bond donors (Lipinski definition) is 2. The minimum Gasteiger partial charge on any atom is -0.383 e. The fourth-order valence-electron chi connectivity index (χ4n) is 4.10. The molecule has 1 aliphatic carbocycles. The lowest BCUT2D eigenvalue weighted by Crippen LogP contribution is -2.49. The van der Waals surface area contributed by atoms with E-state index in [1.165, 1.54) is 0 Å². The smallest absolute Gasteiger partial charge is 0.230 e. The van der Waals surface area contributed by atoms with Crippen LogP contribution in [0.1, 0.15) is 49.6 Å². The Labute approximate surface area is 198 Å². The van der Waals surface area contributed by atoms with Crippen molar-refractivity contribution in [2.24, 2.45) is 10.4 Å². The average Bonchev–Trinajstić information content (AvgIpc) is 3.27. The number of ether oxygens (including phenoxy) is 1. The first kappa shape index (κ1) is 26.7. The van der Waals surface area contributed by atoms with E-state index in [1.54, 1.807) is 12.0 Å². The number of methoxy groups -OCH3 is 1. The van der Waals surface area contributed by atoms with Gasteiger partial charge in [-0.1, -0.05) is 12.8 Å². The van der Waals surface area contributed by atoms with Gasteiger partial charge < -0.3 is 20.3 Å². The molecule has 172 valence electrons. The van der Waals surface area contributed by atoms with Crippen LogP contribution in [-0.4, -0.2) is 67.4 Å². The molecule has 2 rings (SSSR count). The van der Waals surface area contributed by atoms with Crippen LogP contribution in [0.5, 0.6) is 0 Å². The van der Waals surface area contributed by atoms with Crippen molar-refractivity contribution in [3.63, 3.8) is 0 Å². The van der Waals surface area contributed by atoms with Crippen LogP contribution in [0.4, 0.5) is 0 Å². The van der Waals surface area contributed by atoms with Gasteiger partial charge in [-0.15, -0.1) is 24.0 Å². The topological polar surface area (TPSA) is 83.8 Å². The molecule has 30 heavy (non-hydrogen) atoms. The predicted octanol–water partition coefficient (Wildman–Crippen LogP) is 2.47. The van der Waals surface area contributed by atoms with E-state index in [0.717, 1.165) is 61.7 Å². The van der Waals surface area contributed by atoms with Crippen molar-refractivity contribution in [1.82, 2.24) is 25.3 Å². The Balaban J connectivity index is 0.00000450. The summed E-state index contributed by atoms with van der Waals surface area (Å²) in [6.07, 6.45) is 4.07. The van der Waals surface area contributed by atoms with Crippen LogP contribution in [0.2, 0.25) is 0 Å². The second kappa shape index (κ2) is 12.5. The third-order valence-corrected chi connectivity index (χ3v) is 5.79. The van der Waals surface area contributed by atoms with E-state index >= 15 is 0 Å². The standard InChI is InChI=1S/C21H38N6O2.HI/c1-7-22-20(24-15-21(10-8-9-11-21)19(28)26(4)5)23-14-18-16(2)25-27(17(18)3)12-13-29-6;/h7-15H2,1-6H3,(H2,22,23,24);1H. The first-order valence-electron chi connectivity index (χ1n) is 10.6. The zero-order chi connectivity index (χ0) is 21.4. The third kappa shape index (κ3) is 6.57. The van der Waals surface area contributed by atoms with Gasteiger partial charge in [-0.3, -0.25) is 9.48 Å². The molecule has 2 N–H and O–H groups in total. The molecule has 0 spiro atoms. The summed E-state index contributed by atoms with van der Waals surface area (Å²) in [5.74, 6) is 0.957. The molecule has 0 bridgehead atoms. The van der Waals surface area contributed by atoms with Crippen LogP contribution in [0.25, 0.3) is 0 Å². The predicted molar refractivity (Wildman–Crippen MR) is 131 cm³/mol. The maximum atomic E-state index is 12.8. The van der Waals surface area contributed by atoms with Crippen molar-refractivity contribution in [2.75, 3.05) is 40.9 Å². The second-order valence-electron chi connectivity index (χ2n) is 8.10. The molecule has 1 aromatic rings. The van der Waals surface area contributed by atoms with Crippen LogP contribution in [0.3, 0.4) is 0 Å². The number of aliphatic imine (C=N–C) groups is 1. The Morgan fingerprint density at radius 2 is 1.93 bits per heavy atom. The largest absolute Gasteiger partial charge is 0.383 e. The van der Waals surface area contributed by atoms with Crippen molar-refractivity contribution >= 4 is 35.8 Å². The number of rotatable bonds is 9. The highest BCUT2D eigenvalue weighted by Crippen LogP contribution is 2.38. The van der Waals surface area contributed by atoms with Gasteiger partial charge in [-0.2, -0.15) is 5.10 Å². The molecule has 1 aliphatic rings. The zero-order valence-electron chi connectivity index (χ0n) is 19.4. The fourth-order valence-corrected chi connectivity index (χ4v) is 4.10. The summed E-state index contributed by atoms with van der Waals surface area (Å²) in [5.41, 5.74) is 2.93. The molecule has 9 heteroatoms. The number of carbonyl (C=O) groups excluding carboxylic acids is 1. The van der Waals surface area contributed by atoms with Crippen LogP contribution in [0, 0.1) is 19.3 Å². The van der Waals surface area contributed by atoms with Gasteiger partial charge in [0.15, 0.2) is 5.96 Å². The maximum absolute atomic E-state index is 12.8. The van der Waals surface area contributed by atoms with Gasteiger partial charge in [0.25, 0.3) is 0 Å². The van der Waals surface area contributed by atoms with Crippen LogP contribution < -0.4 is 10.6 Å². The fraction of sp³-hybridized carbons (Fsp3) is 0.762. The Morgan fingerprint density at radius 3 is 2.50 bits per heavy atom. The first-order valence-corrected chi connectivity index (χ1v) is 10.6. The third-order valence-electron chi connectivity index (χ3n) is 5.79. The number of nitrogens with one attached hydrogen (secondary N) is 2. The summed E-state index contributed by atoms with van der Waals surface area (Å²) >= 11 is 0. The van der Waals surface area contributed by atoms with E-state index in [0.29, 0.717) is 19.7 Å². The minimum atomic E-state index is -0.323. The van der Waals surface area contributed by atoms with E-state index in [1.807, 2.05) is 32.6 Å². The number of carbonyl (C=O) groups is 1.